The van der Waals surface area contributed by atoms with Gasteiger partial charge in [0.15, 0.2) is 5.76 Å². The maximum atomic E-state index is 12.5. The molecule has 0 unspecified atom stereocenters. The van der Waals surface area contributed by atoms with Gasteiger partial charge in [-0.25, -0.2) is 0 Å². The fraction of sp³-hybridized carbons (Fsp3) is 0.654. The first kappa shape index (κ1) is 21.9. The Morgan fingerprint density at radius 3 is 2.66 bits per heavy atom. The fourth-order valence-corrected chi connectivity index (χ4v) is 5.67. The zero-order valence-corrected chi connectivity index (χ0v) is 19.0. The normalized spacial score (nSPS) is 24.7. The van der Waals surface area contributed by atoms with Crippen molar-refractivity contribution < 1.29 is 19.1 Å². The lowest BCUT2D eigenvalue weighted by molar-refractivity contribution is -0.0296. The van der Waals surface area contributed by atoms with Crippen LogP contribution < -0.4 is 5.32 Å². The first-order valence-corrected chi connectivity index (χ1v) is 12.5. The third kappa shape index (κ3) is 4.87. The Hall–Kier alpha value is -1.89. The second-order valence-corrected chi connectivity index (χ2v) is 10.0. The number of hydrogen-bond donors (Lipinski definition) is 2. The van der Waals surface area contributed by atoms with Crippen molar-refractivity contribution in [3.63, 3.8) is 0 Å². The van der Waals surface area contributed by atoms with Gasteiger partial charge in [-0.1, -0.05) is 25.3 Å². The monoisotopic (exact) mass is 440 g/mol. The first-order chi connectivity index (χ1) is 15.6. The molecule has 3 heterocycles. The van der Waals surface area contributed by atoms with Gasteiger partial charge in [0.25, 0.3) is 5.91 Å². The summed E-state index contributed by atoms with van der Waals surface area (Å²) in [7, 11) is 0. The molecule has 1 amide bonds. The van der Waals surface area contributed by atoms with Crippen molar-refractivity contribution in [1.29, 1.82) is 0 Å². The van der Waals surface area contributed by atoms with E-state index in [2.05, 4.69) is 10.2 Å². The highest BCUT2D eigenvalue weighted by atomic mass is 16.5. The topological polar surface area (TPSA) is 74.9 Å². The third-order valence-corrected chi connectivity index (χ3v) is 7.72. The van der Waals surface area contributed by atoms with Gasteiger partial charge in [-0.15, -0.1) is 0 Å². The molecule has 2 N–H and O–H groups in total. The van der Waals surface area contributed by atoms with Crippen molar-refractivity contribution in [3.8, 4) is 0 Å². The summed E-state index contributed by atoms with van der Waals surface area (Å²) >= 11 is 0. The van der Waals surface area contributed by atoms with Gasteiger partial charge >= 0.3 is 0 Å². The van der Waals surface area contributed by atoms with Crippen LogP contribution in [0.25, 0.3) is 11.0 Å². The van der Waals surface area contributed by atoms with Crippen LogP contribution in [0.5, 0.6) is 0 Å². The Bertz CT molecular complexity index is 919. The van der Waals surface area contributed by atoms with E-state index in [0.29, 0.717) is 17.9 Å². The lowest BCUT2D eigenvalue weighted by Gasteiger charge is -2.40. The van der Waals surface area contributed by atoms with Crippen LogP contribution in [-0.2, 0) is 10.3 Å². The number of furan rings is 1. The fourth-order valence-electron chi connectivity index (χ4n) is 5.67. The van der Waals surface area contributed by atoms with E-state index in [1.54, 1.807) is 6.07 Å². The summed E-state index contributed by atoms with van der Waals surface area (Å²) < 4.78 is 11.3. The van der Waals surface area contributed by atoms with E-state index in [1.165, 1.54) is 38.6 Å². The van der Waals surface area contributed by atoms with Crippen molar-refractivity contribution in [3.05, 3.63) is 35.6 Å². The van der Waals surface area contributed by atoms with Crippen LogP contribution in [0, 0.1) is 5.92 Å². The molecule has 2 saturated heterocycles. The molecule has 1 aliphatic carbocycles. The molecule has 1 aromatic heterocycles. The summed E-state index contributed by atoms with van der Waals surface area (Å²) in [4.78, 5) is 15.0. The van der Waals surface area contributed by atoms with E-state index in [4.69, 9.17) is 9.15 Å². The molecular weight excluding hydrogens is 404 g/mol. The van der Waals surface area contributed by atoms with Gasteiger partial charge in [-0.3, -0.25) is 4.79 Å². The smallest absolute Gasteiger partial charge is 0.287 e. The molecule has 3 aliphatic rings. The summed E-state index contributed by atoms with van der Waals surface area (Å²) in [5, 5.41) is 15.2. The zero-order valence-electron chi connectivity index (χ0n) is 19.0. The van der Waals surface area contributed by atoms with Crippen LogP contribution in [0.15, 0.2) is 28.7 Å². The number of amides is 1. The minimum Gasteiger partial charge on any atom is -0.451 e. The van der Waals surface area contributed by atoms with Gasteiger partial charge in [-0.2, -0.15) is 0 Å². The summed E-state index contributed by atoms with van der Waals surface area (Å²) in [6.45, 7) is 4.34. The second kappa shape index (κ2) is 9.54. The summed E-state index contributed by atoms with van der Waals surface area (Å²) in [5.74, 6) is 0.930. The molecule has 0 bridgehead atoms. The number of likely N-dealkylation sites (tertiary alicyclic amines) is 1. The average Bonchev–Trinajstić information content (AvgIpc) is 3.49. The van der Waals surface area contributed by atoms with Crippen LogP contribution in [-0.4, -0.2) is 54.8 Å². The quantitative estimate of drug-likeness (QED) is 0.704. The lowest BCUT2D eigenvalue weighted by Crippen LogP contribution is -2.44. The van der Waals surface area contributed by atoms with Crippen LogP contribution in [0.3, 0.4) is 0 Å². The molecular formula is C26H36N2O4. The minimum absolute atomic E-state index is 0.105. The molecule has 174 valence electrons. The molecule has 2 aromatic rings. The molecule has 6 heteroatoms. The molecule has 32 heavy (non-hydrogen) atoms. The summed E-state index contributed by atoms with van der Waals surface area (Å²) in [6, 6.07) is 7.61. The van der Waals surface area contributed by atoms with E-state index in [9.17, 15) is 9.90 Å². The molecule has 0 spiro atoms. The number of fused-ring (bicyclic) bond motifs is 1. The first-order valence-electron chi connectivity index (χ1n) is 12.5. The Morgan fingerprint density at radius 1 is 1.09 bits per heavy atom. The maximum absolute atomic E-state index is 12.5. The van der Waals surface area contributed by atoms with Crippen LogP contribution in [0.1, 0.15) is 73.9 Å². The predicted molar refractivity (Wildman–Crippen MR) is 124 cm³/mol. The van der Waals surface area contributed by atoms with E-state index in [-0.39, 0.29) is 12.0 Å². The van der Waals surface area contributed by atoms with Crippen molar-refractivity contribution in [1.82, 2.24) is 10.2 Å². The number of nitrogens with one attached hydrogen (secondary N) is 1. The minimum atomic E-state index is -0.809. The van der Waals surface area contributed by atoms with Gasteiger partial charge in [0.2, 0.25) is 0 Å². The molecule has 1 saturated carbocycles. The Labute approximate surface area is 190 Å². The van der Waals surface area contributed by atoms with Gasteiger partial charge in [-0.05, 0) is 68.2 Å². The number of ether oxygens (including phenoxy) is 1. The zero-order chi connectivity index (χ0) is 22.0. The molecule has 2 aliphatic heterocycles. The second-order valence-electron chi connectivity index (χ2n) is 10.0. The third-order valence-electron chi connectivity index (χ3n) is 7.72. The highest BCUT2D eigenvalue weighted by Crippen LogP contribution is 2.36. The number of aliphatic hydroxyl groups is 1. The SMILES string of the molecule is O=C(NC[C@H]1CCCO1)c1cc2cc(C3(O)CCN(CC4CCCCC4)CC3)ccc2o1. The predicted octanol–water partition coefficient (Wildman–Crippen LogP) is 4.21. The van der Waals surface area contributed by atoms with Gasteiger partial charge < -0.3 is 24.5 Å². The standard InChI is InChI=1S/C26H36N2O4/c29-25(27-17-22-7-4-14-31-22)24-16-20-15-21(8-9-23(20)32-24)26(30)10-12-28(13-11-26)18-19-5-2-1-3-6-19/h8-9,15-16,19,22,30H,1-7,10-14,17-18H2,(H,27,29)/t22-/m1/s1. The summed E-state index contributed by atoms with van der Waals surface area (Å²) in [6.07, 6.45) is 10.5. The average molecular weight is 441 g/mol. The number of benzene rings is 1. The highest BCUT2D eigenvalue weighted by molar-refractivity contribution is 5.96. The van der Waals surface area contributed by atoms with E-state index in [0.717, 1.165) is 62.2 Å². The Kier molecular flexibility index (Phi) is 6.54. The molecule has 5 rings (SSSR count). The van der Waals surface area contributed by atoms with Crippen molar-refractivity contribution in [2.75, 3.05) is 32.8 Å². The molecule has 6 nitrogen and oxygen atoms in total. The van der Waals surface area contributed by atoms with Gasteiger partial charge in [0.05, 0.1) is 11.7 Å². The number of rotatable bonds is 6. The van der Waals surface area contributed by atoms with E-state index >= 15 is 0 Å². The number of hydrogen-bond acceptors (Lipinski definition) is 5. The van der Waals surface area contributed by atoms with E-state index < -0.39 is 5.60 Å². The van der Waals surface area contributed by atoms with Crippen LogP contribution in [0.2, 0.25) is 0 Å². The molecule has 0 radical (unpaired) electrons. The molecule has 1 atom stereocenters. The van der Waals surface area contributed by atoms with Crippen molar-refractivity contribution in [2.24, 2.45) is 5.92 Å². The molecule has 1 aromatic carbocycles. The highest BCUT2D eigenvalue weighted by Gasteiger charge is 2.35. The summed E-state index contributed by atoms with van der Waals surface area (Å²) in [5.41, 5.74) is 0.792. The van der Waals surface area contributed by atoms with Crippen molar-refractivity contribution >= 4 is 16.9 Å². The Morgan fingerprint density at radius 2 is 1.91 bits per heavy atom. The number of carbonyl (C=O) groups excluding carboxylic acids is 1. The number of carbonyl (C=O) groups is 1. The lowest BCUT2D eigenvalue weighted by atomic mass is 9.83. The van der Waals surface area contributed by atoms with Crippen molar-refractivity contribution in [2.45, 2.75) is 69.5 Å². The maximum Gasteiger partial charge on any atom is 0.287 e. The largest absolute Gasteiger partial charge is 0.451 e. The molecule has 3 fully saturated rings. The number of nitrogens with zero attached hydrogens (tertiary/aromatic N) is 1. The number of piperidine rings is 1. The van der Waals surface area contributed by atoms with Gasteiger partial charge in [0.1, 0.15) is 5.58 Å². The Balaban J connectivity index is 1.21. The van der Waals surface area contributed by atoms with Crippen LogP contribution >= 0.6 is 0 Å². The van der Waals surface area contributed by atoms with Gasteiger partial charge in [0, 0.05) is 38.2 Å². The van der Waals surface area contributed by atoms with E-state index in [1.807, 2.05) is 18.2 Å². The van der Waals surface area contributed by atoms with Crippen LogP contribution in [0.4, 0.5) is 0 Å².